The minimum absolute atomic E-state index is 0.822. The highest BCUT2D eigenvalue weighted by molar-refractivity contribution is 6.23. The van der Waals surface area contributed by atoms with Gasteiger partial charge in [-0.1, -0.05) is 121 Å². The fourth-order valence-corrected chi connectivity index (χ4v) is 9.47. The highest BCUT2D eigenvalue weighted by Crippen LogP contribution is 2.42. The number of aromatic nitrogens is 5. The number of benzene rings is 9. The first-order valence-electron chi connectivity index (χ1n) is 19.4. The van der Waals surface area contributed by atoms with Gasteiger partial charge in [-0.25, -0.2) is 9.97 Å². The maximum absolute atomic E-state index is 5.42. The summed E-state index contributed by atoms with van der Waals surface area (Å²) in [5.41, 5.74) is 11.9. The topological polar surface area (TPSA) is 40.0 Å². The van der Waals surface area contributed by atoms with Crippen LogP contribution in [-0.4, -0.2) is 23.5 Å². The van der Waals surface area contributed by atoms with Crippen molar-refractivity contribution in [2.45, 2.75) is 0 Å². The predicted molar refractivity (Wildman–Crippen MR) is 237 cm³/mol. The molecule has 0 unspecified atom stereocenters. The molecule has 0 aliphatic heterocycles. The van der Waals surface area contributed by atoms with E-state index in [9.17, 15) is 0 Å². The number of hydrogen-bond donors (Lipinski definition) is 0. The Labute approximate surface area is 325 Å². The van der Waals surface area contributed by atoms with Crippen molar-refractivity contribution >= 4 is 92.7 Å². The van der Waals surface area contributed by atoms with Gasteiger partial charge in [0.2, 0.25) is 5.95 Å². The molecule has 5 heteroatoms. The van der Waals surface area contributed by atoms with Crippen molar-refractivity contribution in [3.63, 3.8) is 0 Å². The van der Waals surface area contributed by atoms with E-state index >= 15 is 0 Å². The van der Waals surface area contributed by atoms with Crippen molar-refractivity contribution in [2.75, 3.05) is 0 Å². The smallest absolute Gasteiger partial charge is 0.221 e. The van der Waals surface area contributed by atoms with Gasteiger partial charge in [0.25, 0.3) is 0 Å². The Balaban J connectivity index is 1.11. The highest BCUT2D eigenvalue weighted by atomic mass is 15.2. The quantitative estimate of drug-likeness (QED) is 0.182. The molecule has 4 heterocycles. The maximum atomic E-state index is 5.42. The summed E-state index contributed by atoms with van der Waals surface area (Å²) in [6.07, 6.45) is 0. The lowest BCUT2D eigenvalue weighted by Crippen LogP contribution is -2.06. The number of nitrogens with zero attached hydrogens (tertiary/aromatic N) is 5. The van der Waals surface area contributed by atoms with Crippen LogP contribution in [0.1, 0.15) is 0 Å². The second-order valence-electron chi connectivity index (χ2n) is 15.0. The molecule has 57 heavy (non-hydrogen) atoms. The lowest BCUT2D eigenvalue weighted by Gasteiger charge is -2.13. The molecule has 0 fully saturated rings. The van der Waals surface area contributed by atoms with Gasteiger partial charge in [-0.3, -0.25) is 8.97 Å². The van der Waals surface area contributed by atoms with E-state index in [0.29, 0.717) is 0 Å². The molecule has 0 amide bonds. The van der Waals surface area contributed by atoms with E-state index in [2.05, 4.69) is 202 Å². The van der Waals surface area contributed by atoms with Crippen molar-refractivity contribution < 1.29 is 0 Å². The normalized spacial score (nSPS) is 12.2. The third-order valence-electron chi connectivity index (χ3n) is 12.0. The Hall–Kier alpha value is -7.76. The zero-order valence-electron chi connectivity index (χ0n) is 30.6. The van der Waals surface area contributed by atoms with Crippen molar-refractivity contribution in [1.29, 1.82) is 0 Å². The molecular formula is C52H31N5. The van der Waals surface area contributed by atoms with Gasteiger partial charge in [0, 0.05) is 38.0 Å². The second-order valence-corrected chi connectivity index (χ2v) is 15.0. The van der Waals surface area contributed by atoms with Crippen LogP contribution in [0, 0.1) is 0 Å². The Morgan fingerprint density at radius 1 is 0.351 bits per heavy atom. The predicted octanol–water partition coefficient (Wildman–Crippen LogP) is 13.2. The fraction of sp³-hybridized carbons (Fsp3) is 0. The van der Waals surface area contributed by atoms with Crippen LogP contribution in [-0.2, 0) is 0 Å². The lowest BCUT2D eigenvalue weighted by molar-refractivity contribution is 0.980. The summed E-state index contributed by atoms with van der Waals surface area (Å²) >= 11 is 0. The summed E-state index contributed by atoms with van der Waals surface area (Å²) in [5.74, 6) is 0.822. The van der Waals surface area contributed by atoms with Crippen LogP contribution >= 0.6 is 0 Å². The van der Waals surface area contributed by atoms with Gasteiger partial charge in [-0.15, -0.1) is 0 Å². The molecule has 0 saturated heterocycles. The van der Waals surface area contributed by atoms with Crippen molar-refractivity contribution in [1.82, 2.24) is 23.5 Å². The van der Waals surface area contributed by atoms with Gasteiger partial charge in [0.05, 0.1) is 38.6 Å². The Morgan fingerprint density at radius 2 is 0.965 bits per heavy atom. The molecule has 0 aliphatic carbocycles. The van der Waals surface area contributed by atoms with E-state index in [1.807, 2.05) is 0 Å². The minimum atomic E-state index is 0.822. The zero-order chi connectivity index (χ0) is 37.2. The number of rotatable bonds is 3. The third-order valence-corrected chi connectivity index (χ3v) is 12.0. The standard InChI is InChI=1S/C52H31N5/c1-2-14-36(15-3-1)55-45-27-24-34(30-41(45)39-26-22-33-13-5-7-17-38(33)50(39)55)35-25-28-46-42(31-35)49-37-16-6-4-12-32(37)23-29-48(49)56(46)52-54-43-19-9-8-18-40(43)51-53-44-20-10-11-21-47(44)57(51)52/h1-31H. The molecule has 13 aromatic rings. The second kappa shape index (κ2) is 11.4. The summed E-state index contributed by atoms with van der Waals surface area (Å²) in [5, 5.41) is 10.8. The minimum Gasteiger partial charge on any atom is -0.309 e. The summed E-state index contributed by atoms with van der Waals surface area (Å²) in [6, 6.07) is 67.8. The molecule has 9 aromatic carbocycles. The van der Waals surface area contributed by atoms with Gasteiger partial charge < -0.3 is 4.57 Å². The number of imidazole rings is 1. The first-order valence-corrected chi connectivity index (χ1v) is 19.4. The van der Waals surface area contributed by atoms with E-state index in [0.717, 1.165) is 50.3 Å². The SMILES string of the molecule is c1ccc(-n2c3ccc(-c4ccc5c(c4)c4c6ccccc6ccc4n5-c4nc5ccccc5c5nc6ccccc6n45)cc3c3ccc4ccccc4c32)cc1. The highest BCUT2D eigenvalue weighted by Gasteiger charge is 2.22. The number of fused-ring (bicyclic) bond motifs is 15. The molecule has 0 spiro atoms. The van der Waals surface area contributed by atoms with Gasteiger partial charge in [-0.05, 0) is 94.0 Å². The Kier molecular flexibility index (Phi) is 6.10. The largest absolute Gasteiger partial charge is 0.309 e. The summed E-state index contributed by atoms with van der Waals surface area (Å²) in [4.78, 5) is 10.6. The van der Waals surface area contributed by atoms with Crippen molar-refractivity contribution in [2.24, 2.45) is 0 Å². The molecule has 4 aromatic heterocycles. The molecule has 5 nitrogen and oxygen atoms in total. The lowest BCUT2D eigenvalue weighted by atomic mass is 9.98. The van der Waals surface area contributed by atoms with E-state index in [4.69, 9.17) is 9.97 Å². The molecule has 0 N–H and O–H groups in total. The van der Waals surface area contributed by atoms with Crippen molar-refractivity contribution in [3.05, 3.63) is 188 Å². The van der Waals surface area contributed by atoms with E-state index in [1.54, 1.807) is 0 Å². The van der Waals surface area contributed by atoms with Gasteiger partial charge in [0.15, 0.2) is 0 Å². The van der Waals surface area contributed by atoms with Crippen LogP contribution in [0.15, 0.2) is 188 Å². The van der Waals surface area contributed by atoms with E-state index in [-0.39, 0.29) is 0 Å². The van der Waals surface area contributed by atoms with Crippen LogP contribution in [0.5, 0.6) is 0 Å². The average molecular weight is 726 g/mol. The van der Waals surface area contributed by atoms with Gasteiger partial charge >= 0.3 is 0 Å². The number of hydrogen-bond acceptors (Lipinski definition) is 2. The molecule has 0 atom stereocenters. The monoisotopic (exact) mass is 725 g/mol. The first kappa shape index (κ1) is 30.6. The van der Waals surface area contributed by atoms with Gasteiger partial charge in [-0.2, -0.15) is 0 Å². The first-order chi connectivity index (χ1) is 28.3. The summed E-state index contributed by atoms with van der Waals surface area (Å²) in [7, 11) is 0. The zero-order valence-corrected chi connectivity index (χ0v) is 30.6. The number of para-hydroxylation sites is 4. The average Bonchev–Trinajstić information content (AvgIpc) is 3.94. The maximum Gasteiger partial charge on any atom is 0.221 e. The van der Waals surface area contributed by atoms with Crippen LogP contribution in [0.4, 0.5) is 0 Å². The molecule has 13 rings (SSSR count). The molecule has 264 valence electrons. The van der Waals surface area contributed by atoms with Gasteiger partial charge in [0.1, 0.15) is 5.65 Å². The molecule has 0 bridgehead atoms. The van der Waals surface area contributed by atoms with Crippen molar-refractivity contribution in [3.8, 4) is 22.8 Å². The van der Waals surface area contributed by atoms with Crippen LogP contribution in [0.25, 0.3) is 116 Å². The Morgan fingerprint density at radius 3 is 1.79 bits per heavy atom. The molecule has 0 radical (unpaired) electrons. The summed E-state index contributed by atoms with van der Waals surface area (Å²) in [6.45, 7) is 0. The van der Waals surface area contributed by atoms with Crippen LogP contribution < -0.4 is 0 Å². The third kappa shape index (κ3) is 4.23. The van der Waals surface area contributed by atoms with Crippen LogP contribution in [0.2, 0.25) is 0 Å². The van der Waals surface area contributed by atoms with E-state index < -0.39 is 0 Å². The molecule has 0 saturated carbocycles. The van der Waals surface area contributed by atoms with Crippen LogP contribution in [0.3, 0.4) is 0 Å². The van der Waals surface area contributed by atoms with E-state index in [1.165, 1.54) is 65.3 Å². The summed E-state index contributed by atoms with van der Waals surface area (Å²) < 4.78 is 7.01. The Bertz CT molecular complexity index is 3810. The molecule has 0 aliphatic rings. The molecular weight excluding hydrogens is 695 g/mol. The fourth-order valence-electron chi connectivity index (χ4n) is 9.47.